The van der Waals surface area contributed by atoms with Crippen LogP contribution >= 0.6 is 31.9 Å². The van der Waals surface area contributed by atoms with Gasteiger partial charge in [-0.1, -0.05) is 0 Å². The summed E-state index contributed by atoms with van der Waals surface area (Å²) in [5.74, 6) is 0. The second kappa shape index (κ2) is 2.19. The van der Waals surface area contributed by atoms with Crippen molar-refractivity contribution >= 4 is 31.9 Å². The molecule has 0 spiro atoms. The summed E-state index contributed by atoms with van der Waals surface area (Å²) >= 11 is 6.54. The van der Waals surface area contributed by atoms with Gasteiger partial charge in [-0.05, 0) is 38.8 Å². The molecule has 1 aromatic heterocycles. The van der Waals surface area contributed by atoms with Gasteiger partial charge >= 0.3 is 0 Å². The van der Waals surface area contributed by atoms with Gasteiger partial charge in [-0.2, -0.15) is 5.10 Å². The van der Waals surface area contributed by atoms with E-state index < -0.39 is 0 Å². The normalized spacial score (nSPS) is 9.88. The van der Waals surface area contributed by atoms with E-state index in [2.05, 4.69) is 42.1 Å². The molecule has 0 saturated heterocycles. The summed E-state index contributed by atoms with van der Waals surface area (Å²) < 4.78 is 1.83. The van der Waals surface area contributed by atoms with Gasteiger partial charge in [0.25, 0.3) is 0 Å². The van der Waals surface area contributed by atoms with Crippen LogP contribution in [-0.2, 0) is 0 Å². The predicted molar refractivity (Wildman–Crippen MR) is 38.7 cm³/mol. The lowest BCUT2D eigenvalue weighted by Gasteiger charge is -1.79. The Balaban J connectivity index is 3.19. The molecule has 0 unspecified atom stereocenters. The summed E-state index contributed by atoms with van der Waals surface area (Å²) in [6, 6.07) is 0. The zero-order valence-corrected chi connectivity index (χ0v) is 7.38. The lowest BCUT2D eigenvalue weighted by molar-refractivity contribution is 1.03. The second-order valence-corrected chi connectivity index (χ2v) is 3.00. The summed E-state index contributed by atoms with van der Waals surface area (Å²) in [4.78, 5) is 0. The molecule has 44 valence electrons. The molecule has 0 saturated carbocycles. The largest absolute Gasteiger partial charge is 0.281 e. The monoisotopic (exact) mass is 238 g/mol. The van der Waals surface area contributed by atoms with Crippen molar-refractivity contribution in [3.63, 3.8) is 0 Å². The maximum atomic E-state index is 3.86. The lowest BCUT2D eigenvalue weighted by Crippen LogP contribution is -1.67. The highest BCUT2D eigenvalue weighted by Gasteiger charge is 2.00. The molecule has 0 radical (unpaired) electrons. The van der Waals surface area contributed by atoms with E-state index in [0.717, 1.165) is 14.8 Å². The molecule has 0 aliphatic heterocycles. The number of hydrogen-bond donors (Lipinski definition) is 1. The summed E-state index contributed by atoms with van der Waals surface area (Å²) in [5.41, 5.74) is 1.04. The second-order valence-electron chi connectivity index (χ2n) is 1.45. The number of nitrogens with zero attached hydrogens (tertiary/aromatic N) is 1. The Kier molecular flexibility index (Phi) is 1.72. The smallest absolute Gasteiger partial charge is 0.142 e. The van der Waals surface area contributed by atoms with Crippen LogP contribution in [0.15, 0.2) is 9.08 Å². The highest BCUT2D eigenvalue weighted by Crippen LogP contribution is 2.22. The molecular weight excluding hydrogens is 236 g/mol. The predicted octanol–water partition coefficient (Wildman–Crippen LogP) is 2.24. The molecule has 1 rings (SSSR count). The van der Waals surface area contributed by atoms with Crippen molar-refractivity contribution in [2.75, 3.05) is 0 Å². The zero-order valence-electron chi connectivity index (χ0n) is 4.20. The molecule has 0 aliphatic carbocycles. The number of rotatable bonds is 0. The molecule has 0 aliphatic rings. The van der Waals surface area contributed by atoms with Crippen LogP contribution in [0.5, 0.6) is 0 Å². The van der Waals surface area contributed by atoms with Crippen molar-refractivity contribution in [3.8, 4) is 0 Å². The molecule has 0 aromatic carbocycles. The molecule has 1 heterocycles. The van der Waals surface area contributed by atoms with Gasteiger partial charge < -0.3 is 0 Å². The first-order chi connectivity index (χ1) is 3.72. The number of H-pyrrole nitrogens is 1. The van der Waals surface area contributed by atoms with E-state index in [9.17, 15) is 0 Å². The number of aromatic nitrogens is 2. The Hall–Kier alpha value is 0.170. The molecule has 2 nitrogen and oxygen atoms in total. The van der Waals surface area contributed by atoms with Gasteiger partial charge in [-0.15, -0.1) is 0 Å². The Bertz CT molecular complexity index is 174. The van der Waals surface area contributed by atoms with E-state index in [-0.39, 0.29) is 0 Å². The SMILES string of the molecule is Cc1[nH]nc(Br)c1Br. The van der Waals surface area contributed by atoms with E-state index in [0.29, 0.717) is 0 Å². The Morgan fingerprint density at radius 3 is 2.25 bits per heavy atom. The van der Waals surface area contributed by atoms with Crippen LogP contribution in [0.2, 0.25) is 0 Å². The van der Waals surface area contributed by atoms with E-state index >= 15 is 0 Å². The van der Waals surface area contributed by atoms with Crippen LogP contribution in [0.4, 0.5) is 0 Å². The topological polar surface area (TPSA) is 28.7 Å². The highest BCUT2D eigenvalue weighted by molar-refractivity contribution is 9.13. The van der Waals surface area contributed by atoms with Gasteiger partial charge in [-0.3, -0.25) is 5.10 Å². The van der Waals surface area contributed by atoms with Crippen LogP contribution < -0.4 is 0 Å². The summed E-state index contributed by atoms with van der Waals surface area (Å²) in [6.07, 6.45) is 0. The van der Waals surface area contributed by atoms with Crippen LogP contribution in [0.25, 0.3) is 0 Å². The Morgan fingerprint density at radius 1 is 1.50 bits per heavy atom. The third kappa shape index (κ3) is 0.951. The minimum absolute atomic E-state index is 0.829. The third-order valence-electron chi connectivity index (χ3n) is 0.832. The fourth-order valence-electron chi connectivity index (χ4n) is 0.386. The van der Waals surface area contributed by atoms with Crippen LogP contribution in [0.1, 0.15) is 5.69 Å². The third-order valence-corrected chi connectivity index (χ3v) is 2.91. The molecule has 0 bridgehead atoms. The fraction of sp³-hybridized carbons (Fsp3) is 0.250. The van der Waals surface area contributed by atoms with Gasteiger partial charge in [-0.25, -0.2) is 0 Å². The van der Waals surface area contributed by atoms with Crippen molar-refractivity contribution in [1.29, 1.82) is 0 Å². The van der Waals surface area contributed by atoms with Gasteiger partial charge in [0, 0.05) is 5.69 Å². The number of hydrogen-bond acceptors (Lipinski definition) is 1. The minimum Gasteiger partial charge on any atom is -0.281 e. The standard InChI is InChI=1S/C4H4Br2N2/c1-2-3(5)4(6)8-7-2/h1H3,(H,7,8). The molecule has 4 heteroatoms. The van der Waals surface area contributed by atoms with Gasteiger partial charge in [0.2, 0.25) is 0 Å². The number of aryl methyl sites for hydroxylation is 1. The summed E-state index contributed by atoms with van der Waals surface area (Å²) in [5, 5.41) is 6.65. The first-order valence-corrected chi connectivity index (χ1v) is 3.66. The highest BCUT2D eigenvalue weighted by atomic mass is 79.9. The molecule has 0 amide bonds. The van der Waals surface area contributed by atoms with Crippen molar-refractivity contribution in [1.82, 2.24) is 10.2 Å². The molecule has 0 atom stereocenters. The van der Waals surface area contributed by atoms with Gasteiger partial charge in [0.1, 0.15) is 4.60 Å². The molecule has 8 heavy (non-hydrogen) atoms. The van der Waals surface area contributed by atoms with Gasteiger partial charge in [0.15, 0.2) is 0 Å². The van der Waals surface area contributed by atoms with Gasteiger partial charge in [0.05, 0.1) is 4.47 Å². The number of nitrogens with one attached hydrogen (secondary N) is 1. The minimum atomic E-state index is 0.829. The average molecular weight is 240 g/mol. The summed E-state index contributed by atoms with van der Waals surface area (Å²) in [7, 11) is 0. The lowest BCUT2D eigenvalue weighted by atomic mass is 10.5. The number of aromatic amines is 1. The average Bonchev–Trinajstić information content (AvgIpc) is 1.98. The van der Waals surface area contributed by atoms with E-state index in [1.54, 1.807) is 0 Å². The zero-order chi connectivity index (χ0) is 6.15. The van der Waals surface area contributed by atoms with E-state index in [1.165, 1.54) is 0 Å². The van der Waals surface area contributed by atoms with Crippen molar-refractivity contribution in [3.05, 3.63) is 14.8 Å². The first-order valence-electron chi connectivity index (χ1n) is 2.08. The van der Waals surface area contributed by atoms with Crippen LogP contribution in [0, 0.1) is 6.92 Å². The van der Waals surface area contributed by atoms with E-state index in [1.807, 2.05) is 6.92 Å². The van der Waals surface area contributed by atoms with Crippen molar-refractivity contribution < 1.29 is 0 Å². The van der Waals surface area contributed by atoms with Crippen molar-refractivity contribution in [2.24, 2.45) is 0 Å². The maximum Gasteiger partial charge on any atom is 0.142 e. The van der Waals surface area contributed by atoms with Crippen molar-refractivity contribution in [2.45, 2.75) is 6.92 Å². The van der Waals surface area contributed by atoms with Crippen LogP contribution in [-0.4, -0.2) is 10.2 Å². The Labute approximate surface area is 63.9 Å². The summed E-state index contributed by atoms with van der Waals surface area (Å²) in [6.45, 7) is 1.95. The Morgan fingerprint density at radius 2 is 2.12 bits per heavy atom. The molecule has 0 fully saturated rings. The van der Waals surface area contributed by atoms with Crippen LogP contribution in [0.3, 0.4) is 0 Å². The van der Waals surface area contributed by atoms with E-state index in [4.69, 9.17) is 0 Å². The molecule has 1 N–H and O–H groups in total. The quantitative estimate of drug-likeness (QED) is 0.739. The number of halogens is 2. The molecular formula is C4H4Br2N2. The first kappa shape index (κ1) is 6.29. The maximum absolute atomic E-state index is 3.86. The molecule has 1 aromatic rings. The fourth-order valence-corrected chi connectivity index (χ4v) is 0.949.